The van der Waals surface area contributed by atoms with E-state index in [1.165, 1.54) is 193 Å². The van der Waals surface area contributed by atoms with Crippen molar-refractivity contribution < 1.29 is 24.2 Å². The number of hydrogen-bond acceptors (Lipinski definition) is 4. The van der Waals surface area contributed by atoms with Crippen molar-refractivity contribution in [1.82, 2.24) is 5.32 Å². The molecule has 0 saturated carbocycles. The van der Waals surface area contributed by atoms with Gasteiger partial charge in [-0.15, -0.1) is 0 Å². The average Bonchev–Trinajstić information content (AvgIpc) is 3.17. The molecule has 0 fully saturated rings. The van der Waals surface area contributed by atoms with E-state index in [-0.39, 0.29) is 24.5 Å². The normalized spacial score (nSPS) is 11.9. The second-order valence-corrected chi connectivity index (χ2v) is 17.1. The van der Waals surface area contributed by atoms with E-state index in [4.69, 9.17) is 9.84 Å². The number of carboxylic acid groups (broad SMARTS) is 1. The van der Waals surface area contributed by atoms with Gasteiger partial charge in [-0.05, 0) is 38.5 Å². The number of carbonyl (C=O) groups is 3. The number of hydrogen-bond donors (Lipinski definition) is 2. The van der Waals surface area contributed by atoms with Crippen molar-refractivity contribution in [3.63, 3.8) is 0 Å². The summed E-state index contributed by atoms with van der Waals surface area (Å²) in [6.07, 6.45) is 52.4. The van der Waals surface area contributed by atoms with Crippen molar-refractivity contribution in [2.24, 2.45) is 0 Å². The van der Waals surface area contributed by atoms with Gasteiger partial charge in [0.2, 0.25) is 5.91 Å². The molecule has 0 aliphatic rings. The van der Waals surface area contributed by atoms with Crippen LogP contribution in [0.15, 0.2) is 0 Å². The van der Waals surface area contributed by atoms with Crippen molar-refractivity contribution in [3.8, 4) is 0 Å². The molecule has 2 N–H and O–H groups in total. The molecule has 0 bridgehead atoms. The van der Waals surface area contributed by atoms with Crippen LogP contribution in [0.4, 0.5) is 0 Å². The molecular formula is C49H95NO5. The van der Waals surface area contributed by atoms with Gasteiger partial charge in [-0.1, -0.05) is 232 Å². The largest absolute Gasteiger partial charge is 0.480 e. The summed E-state index contributed by atoms with van der Waals surface area (Å²) in [5.41, 5.74) is 0. The minimum atomic E-state index is -1.01. The van der Waals surface area contributed by atoms with Gasteiger partial charge < -0.3 is 15.2 Å². The predicted molar refractivity (Wildman–Crippen MR) is 236 cm³/mol. The lowest BCUT2D eigenvalue weighted by molar-refractivity contribution is -0.150. The highest BCUT2D eigenvalue weighted by atomic mass is 16.5. The molecule has 6 heteroatoms. The Morgan fingerprint density at radius 2 is 0.673 bits per heavy atom. The Kier molecular flexibility index (Phi) is 43.8. The maximum atomic E-state index is 12.8. The second kappa shape index (κ2) is 45.1. The quantitative estimate of drug-likeness (QED) is 0.0474. The molecule has 1 unspecified atom stereocenters. The van der Waals surface area contributed by atoms with Crippen molar-refractivity contribution in [3.05, 3.63) is 0 Å². The number of nitrogens with one attached hydrogen (secondary N) is 1. The fourth-order valence-corrected chi connectivity index (χ4v) is 7.87. The molecule has 0 aromatic heterocycles. The maximum Gasteiger partial charge on any atom is 0.322 e. The van der Waals surface area contributed by atoms with Crippen molar-refractivity contribution >= 4 is 17.8 Å². The first-order valence-electron chi connectivity index (χ1n) is 24.7. The number of amides is 1. The highest BCUT2D eigenvalue weighted by Crippen LogP contribution is 2.20. The fourth-order valence-electron chi connectivity index (χ4n) is 7.87. The molecule has 0 aromatic rings. The first-order chi connectivity index (χ1) is 27.0. The summed E-state index contributed by atoms with van der Waals surface area (Å²) >= 11 is 0. The molecule has 0 aliphatic heterocycles. The van der Waals surface area contributed by atoms with Gasteiger partial charge in [0.05, 0.1) is 0 Å². The molecule has 55 heavy (non-hydrogen) atoms. The van der Waals surface area contributed by atoms with Gasteiger partial charge in [-0.3, -0.25) is 14.4 Å². The van der Waals surface area contributed by atoms with E-state index in [0.29, 0.717) is 12.8 Å². The van der Waals surface area contributed by atoms with E-state index < -0.39 is 5.97 Å². The zero-order chi connectivity index (χ0) is 40.1. The Bertz CT molecular complexity index is 817. The van der Waals surface area contributed by atoms with Crippen LogP contribution in [-0.2, 0) is 19.1 Å². The number of rotatable bonds is 46. The third-order valence-electron chi connectivity index (χ3n) is 11.5. The fraction of sp³-hybridized carbons (Fsp3) is 0.939. The van der Waals surface area contributed by atoms with E-state index in [0.717, 1.165) is 64.2 Å². The summed E-state index contributed by atoms with van der Waals surface area (Å²) in [6, 6.07) is 0. The molecule has 0 heterocycles. The summed E-state index contributed by atoms with van der Waals surface area (Å²) in [6.45, 7) is 4.26. The monoisotopic (exact) mass is 778 g/mol. The van der Waals surface area contributed by atoms with Crippen LogP contribution >= 0.6 is 0 Å². The lowest BCUT2D eigenvalue weighted by Crippen LogP contribution is -2.28. The van der Waals surface area contributed by atoms with E-state index in [1.54, 1.807) is 0 Å². The van der Waals surface area contributed by atoms with Gasteiger partial charge in [-0.2, -0.15) is 0 Å². The predicted octanol–water partition coefficient (Wildman–Crippen LogP) is 15.5. The molecule has 0 aliphatic carbocycles. The van der Waals surface area contributed by atoms with Crippen LogP contribution in [0, 0.1) is 0 Å². The van der Waals surface area contributed by atoms with Crippen molar-refractivity contribution in [1.29, 1.82) is 0 Å². The highest BCUT2D eigenvalue weighted by Gasteiger charge is 2.14. The molecule has 0 aromatic carbocycles. The Hall–Kier alpha value is -1.59. The first kappa shape index (κ1) is 53.4. The summed E-state index contributed by atoms with van der Waals surface area (Å²) in [5, 5.41) is 11.1. The minimum Gasteiger partial charge on any atom is -0.480 e. The number of carbonyl (C=O) groups excluding carboxylic acids is 2. The number of unbranched alkanes of at least 4 members (excludes halogenated alkanes) is 35. The highest BCUT2D eigenvalue weighted by molar-refractivity contribution is 5.80. The summed E-state index contributed by atoms with van der Waals surface area (Å²) in [7, 11) is 0. The van der Waals surface area contributed by atoms with Crippen LogP contribution in [0.2, 0.25) is 0 Å². The van der Waals surface area contributed by atoms with E-state index in [9.17, 15) is 14.4 Å². The number of esters is 1. The zero-order valence-corrected chi connectivity index (χ0v) is 37.1. The van der Waals surface area contributed by atoms with Crippen molar-refractivity contribution in [2.75, 3.05) is 6.54 Å². The molecule has 0 radical (unpaired) electrons. The lowest BCUT2D eigenvalue weighted by atomic mass is 10.0. The minimum absolute atomic E-state index is 0.00511. The van der Waals surface area contributed by atoms with Crippen LogP contribution in [0.3, 0.4) is 0 Å². The smallest absolute Gasteiger partial charge is 0.322 e. The summed E-state index contributed by atoms with van der Waals surface area (Å²) in [4.78, 5) is 35.1. The molecule has 1 atom stereocenters. The SMILES string of the molecule is CCCCCCCCCCCCCCCCCCCCCCC(=O)OC(CCCCCCCCCCCCCCC)CCCCCCCC(=O)NCC(=O)O. The van der Waals surface area contributed by atoms with Gasteiger partial charge in [0.25, 0.3) is 0 Å². The van der Waals surface area contributed by atoms with E-state index in [2.05, 4.69) is 19.2 Å². The van der Waals surface area contributed by atoms with Crippen molar-refractivity contribution in [2.45, 2.75) is 290 Å². The van der Waals surface area contributed by atoms with Crippen LogP contribution in [0.25, 0.3) is 0 Å². The number of carboxylic acids is 1. The molecule has 1 amide bonds. The van der Waals surface area contributed by atoms with Gasteiger partial charge in [0, 0.05) is 12.8 Å². The van der Waals surface area contributed by atoms with Crippen LogP contribution in [-0.4, -0.2) is 35.6 Å². The van der Waals surface area contributed by atoms with Crippen LogP contribution in [0.5, 0.6) is 0 Å². The molecule has 326 valence electrons. The van der Waals surface area contributed by atoms with Crippen LogP contribution in [0.1, 0.15) is 284 Å². The first-order valence-corrected chi connectivity index (χ1v) is 24.7. The Morgan fingerprint density at radius 3 is 0.982 bits per heavy atom. The zero-order valence-electron chi connectivity index (χ0n) is 37.1. The Labute approximate surface area is 342 Å². The average molecular weight is 778 g/mol. The Morgan fingerprint density at radius 1 is 0.400 bits per heavy atom. The van der Waals surface area contributed by atoms with E-state index in [1.807, 2.05) is 0 Å². The number of aliphatic carboxylic acids is 1. The van der Waals surface area contributed by atoms with Gasteiger partial charge in [-0.25, -0.2) is 0 Å². The number of ether oxygens (including phenoxy) is 1. The third kappa shape index (κ3) is 45.0. The van der Waals surface area contributed by atoms with Gasteiger partial charge >= 0.3 is 11.9 Å². The summed E-state index contributed by atoms with van der Waals surface area (Å²) < 4.78 is 6.06. The van der Waals surface area contributed by atoms with E-state index >= 15 is 0 Å². The lowest BCUT2D eigenvalue weighted by Gasteiger charge is -2.18. The van der Waals surface area contributed by atoms with Crippen LogP contribution < -0.4 is 5.32 Å². The maximum absolute atomic E-state index is 12.8. The molecule has 0 spiro atoms. The molecule has 0 rings (SSSR count). The Balaban J connectivity index is 4.02. The van der Waals surface area contributed by atoms with Gasteiger partial charge in [0.15, 0.2) is 0 Å². The third-order valence-corrected chi connectivity index (χ3v) is 11.5. The molecule has 0 saturated heterocycles. The molecular weight excluding hydrogens is 683 g/mol. The molecule has 6 nitrogen and oxygen atoms in total. The summed E-state index contributed by atoms with van der Waals surface area (Å²) in [5.74, 6) is -1.20. The second-order valence-electron chi connectivity index (χ2n) is 17.1. The van der Waals surface area contributed by atoms with Gasteiger partial charge in [0.1, 0.15) is 12.6 Å². The standard InChI is InChI=1S/C49H95NO5/c1-3-5-7-9-11-13-15-17-18-19-20-21-22-23-25-27-29-31-36-40-44-49(54)55-46(42-38-34-32-35-39-43-47(51)50-45-48(52)53)41-37-33-30-28-26-24-16-14-12-10-8-6-4-2/h46H,3-45H2,1-2H3,(H,50,51)(H,52,53). The topological polar surface area (TPSA) is 92.7 Å².